The summed E-state index contributed by atoms with van der Waals surface area (Å²) >= 11 is 0. The van der Waals surface area contributed by atoms with E-state index in [4.69, 9.17) is 38.6 Å². The molecular formula is H2O10STi. The Hall–Kier alpha value is 0.344. The molecule has 0 aromatic rings. The van der Waals surface area contributed by atoms with E-state index >= 15 is 0 Å². The fraction of sp³-hybridized carbons (Fsp3) is 0. The van der Waals surface area contributed by atoms with Crippen molar-refractivity contribution in [2.75, 3.05) is 0 Å². The van der Waals surface area contributed by atoms with Gasteiger partial charge in [-0.05, 0) is 0 Å². The first-order valence-electron chi connectivity index (χ1n) is 1.37. The smallest absolute Gasteiger partial charge is 0.734 e. The number of hydrogen-bond acceptors (Lipinski definition) is 8. The van der Waals surface area contributed by atoms with E-state index in [0.717, 1.165) is 0 Å². The topological polar surface area (TPSA) is 185 Å². The van der Waals surface area contributed by atoms with E-state index in [1.807, 2.05) is 0 Å². The van der Waals surface area contributed by atoms with Crippen LogP contribution in [0.2, 0.25) is 0 Å². The standard InChI is InChI=1S/H2O4S.2H2O3.Ti/c1-5(2,3)4;2*1-3-2;/h(H2,1,2,3,4);2*1-2H;/q;;;+4/p-4. The molecular weight excluding hydrogens is 240 g/mol. The van der Waals surface area contributed by atoms with Crippen molar-refractivity contribution >= 4 is 10.4 Å². The maximum absolute atomic E-state index is 8.74. The number of hydrogen-bond donors (Lipinski definition) is 2. The van der Waals surface area contributed by atoms with Gasteiger partial charge >= 0.3 is 32.1 Å². The third-order valence-corrected chi connectivity index (χ3v) is 0. The molecule has 0 fully saturated rings. The molecule has 0 aliphatic carbocycles. The van der Waals surface area contributed by atoms with Gasteiger partial charge in [0.25, 0.3) is 0 Å². The Morgan fingerprint density at radius 1 is 0.917 bits per heavy atom. The molecule has 0 unspecified atom stereocenters. The zero-order valence-corrected chi connectivity index (χ0v) is 7.45. The summed E-state index contributed by atoms with van der Waals surface area (Å²) in [4.78, 5) is 0. The number of rotatable bonds is 0. The maximum atomic E-state index is 8.74. The molecule has 0 heterocycles. The minimum atomic E-state index is -4.67. The molecule has 0 rings (SSSR count). The van der Waals surface area contributed by atoms with Crippen molar-refractivity contribution in [1.82, 2.24) is 0 Å². The summed E-state index contributed by atoms with van der Waals surface area (Å²) in [6, 6.07) is 0. The average Bonchev–Trinajstić information content (AvgIpc) is 1.62. The molecule has 0 radical (unpaired) electrons. The van der Waals surface area contributed by atoms with Crippen molar-refractivity contribution in [3.8, 4) is 0 Å². The van der Waals surface area contributed by atoms with Gasteiger partial charge in [0, 0.05) is 0 Å². The first-order chi connectivity index (χ1) is 4.83. The fourth-order valence-corrected chi connectivity index (χ4v) is 0. The van der Waals surface area contributed by atoms with Crippen molar-refractivity contribution < 1.29 is 70.3 Å². The molecule has 2 N–H and O–H groups in total. The largest absolute Gasteiger partial charge is 4.00 e. The van der Waals surface area contributed by atoms with Crippen molar-refractivity contribution in [2.24, 2.45) is 0 Å². The van der Waals surface area contributed by atoms with Crippen molar-refractivity contribution in [3.05, 3.63) is 0 Å². The molecule has 0 aromatic carbocycles. The van der Waals surface area contributed by atoms with Gasteiger partial charge < -0.3 is 31.1 Å². The molecule has 72 valence electrons. The predicted molar refractivity (Wildman–Crippen MR) is 16.3 cm³/mol. The van der Waals surface area contributed by atoms with Gasteiger partial charge in [-0.3, -0.25) is 9.11 Å². The van der Waals surface area contributed by atoms with Crippen LogP contribution in [0.1, 0.15) is 0 Å². The van der Waals surface area contributed by atoms with Crippen LogP contribution >= 0.6 is 0 Å². The Morgan fingerprint density at radius 2 is 0.917 bits per heavy atom. The van der Waals surface area contributed by atoms with Gasteiger partial charge in [0.05, 0.1) is 0 Å². The second-order valence-electron chi connectivity index (χ2n) is 0.584. The minimum Gasteiger partial charge on any atom is -0.734 e. The van der Waals surface area contributed by atoms with Crippen LogP contribution in [0.4, 0.5) is 0 Å². The Bertz CT molecular complexity index is 113. The van der Waals surface area contributed by atoms with Crippen molar-refractivity contribution in [3.63, 3.8) is 0 Å². The molecule has 10 nitrogen and oxygen atoms in total. The predicted octanol–water partition coefficient (Wildman–Crippen LogP) is -5.55. The van der Waals surface area contributed by atoms with Crippen LogP contribution in [0.15, 0.2) is 0 Å². The van der Waals surface area contributed by atoms with E-state index in [1.165, 1.54) is 0 Å². The molecule has 12 heteroatoms. The summed E-state index contributed by atoms with van der Waals surface area (Å²) in [5.41, 5.74) is 0. The molecule has 0 atom stereocenters. The first-order valence-corrected chi connectivity index (χ1v) is 2.76. The summed E-state index contributed by atoms with van der Waals surface area (Å²) in [5.74, 6) is 0. The normalized spacial score (nSPS) is 7.83. The molecule has 0 spiro atoms. The molecule has 0 bridgehead atoms. The SMILES string of the molecule is O=S(=O)(O)O.[O-]O[O-].[O-]O[O-].[Ti+4]. The van der Waals surface area contributed by atoms with Crippen LogP contribution in [0.5, 0.6) is 0 Å². The van der Waals surface area contributed by atoms with Crippen LogP contribution in [0.25, 0.3) is 0 Å². The Balaban J connectivity index is -0.0000000406. The molecule has 12 heavy (non-hydrogen) atoms. The van der Waals surface area contributed by atoms with E-state index in [0.29, 0.717) is 0 Å². The van der Waals surface area contributed by atoms with E-state index in [1.54, 1.807) is 10.1 Å². The second kappa shape index (κ2) is 17.4. The van der Waals surface area contributed by atoms with E-state index in [2.05, 4.69) is 0 Å². The summed E-state index contributed by atoms with van der Waals surface area (Å²) in [6.45, 7) is 0. The molecule has 0 aliphatic heterocycles. The molecule has 0 saturated heterocycles. The summed E-state index contributed by atoms with van der Waals surface area (Å²) < 4.78 is 31.6. The van der Waals surface area contributed by atoms with Gasteiger partial charge in [0.1, 0.15) is 0 Å². The molecule has 0 saturated carbocycles. The zero-order valence-electron chi connectivity index (χ0n) is 5.07. The molecule has 0 aliphatic rings. The Morgan fingerprint density at radius 3 is 0.917 bits per heavy atom. The molecule has 0 amide bonds. The third-order valence-electron chi connectivity index (χ3n) is 0. The van der Waals surface area contributed by atoms with Gasteiger partial charge in [-0.25, -0.2) is 0 Å². The Labute approximate surface area is 81.1 Å². The van der Waals surface area contributed by atoms with Gasteiger partial charge in [-0.15, -0.1) is 0 Å². The van der Waals surface area contributed by atoms with Crippen LogP contribution in [-0.2, 0) is 42.2 Å². The monoisotopic (exact) mass is 242 g/mol. The zero-order chi connectivity index (χ0) is 9.91. The molecule has 0 aromatic heterocycles. The summed E-state index contributed by atoms with van der Waals surface area (Å²) in [6.07, 6.45) is 0. The van der Waals surface area contributed by atoms with Gasteiger partial charge in [0.2, 0.25) is 0 Å². The van der Waals surface area contributed by atoms with E-state index < -0.39 is 10.4 Å². The average molecular weight is 242 g/mol. The van der Waals surface area contributed by atoms with Crippen LogP contribution in [-0.4, -0.2) is 17.5 Å². The van der Waals surface area contributed by atoms with Crippen LogP contribution < -0.4 is 21.0 Å². The van der Waals surface area contributed by atoms with E-state index in [-0.39, 0.29) is 21.7 Å². The van der Waals surface area contributed by atoms with Gasteiger partial charge in [0.15, 0.2) is 0 Å². The first kappa shape index (κ1) is 22.8. The minimum absolute atomic E-state index is 0. The van der Waals surface area contributed by atoms with Crippen LogP contribution in [0, 0.1) is 0 Å². The summed E-state index contributed by atoms with van der Waals surface area (Å²) in [5, 5.41) is 35.0. The van der Waals surface area contributed by atoms with Gasteiger partial charge in [-0.1, -0.05) is 0 Å². The third kappa shape index (κ3) is 7620. The van der Waals surface area contributed by atoms with E-state index in [9.17, 15) is 0 Å². The van der Waals surface area contributed by atoms with Crippen LogP contribution in [0.3, 0.4) is 0 Å². The van der Waals surface area contributed by atoms with Crippen molar-refractivity contribution in [2.45, 2.75) is 0 Å². The maximum Gasteiger partial charge on any atom is 4.00 e. The second-order valence-corrected chi connectivity index (χ2v) is 1.48. The van der Waals surface area contributed by atoms with Crippen molar-refractivity contribution in [1.29, 1.82) is 0 Å². The quantitative estimate of drug-likeness (QED) is 0.179. The Kier molecular flexibility index (Phi) is 33.1. The fourth-order valence-electron chi connectivity index (χ4n) is 0. The summed E-state index contributed by atoms with van der Waals surface area (Å²) in [7, 11) is -4.67. The van der Waals surface area contributed by atoms with Gasteiger partial charge in [-0.2, -0.15) is 8.42 Å².